The monoisotopic (exact) mass is 359 g/mol. The van der Waals surface area contributed by atoms with Crippen LogP contribution in [0.25, 0.3) is 22.3 Å². The Labute approximate surface area is 156 Å². The highest BCUT2D eigenvalue weighted by Crippen LogP contribution is 2.19. The molecule has 0 saturated heterocycles. The van der Waals surface area contributed by atoms with E-state index in [-0.39, 0.29) is 11.1 Å². The number of fused-ring (bicyclic) bond motifs is 1. The summed E-state index contributed by atoms with van der Waals surface area (Å²) < 4.78 is 3.11. The van der Waals surface area contributed by atoms with Gasteiger partial charge in [0.25, 0.3) is 11.1 Å². The minimum absolute atomic E-state index is 0.158. The predicted octanol–water partition coefficient (Wildman–Crippen LogP) is 3.70. The van der Waals surface area contributed by atoms with Crippen molar-refractivity contribution in [2.45, 2.75) is 27.7 Å². The summed E-state index contributed by atoms with van der Waals surface area (Å²) in [5.41, 5.74) is 5.65. The first-order chi connectivity index (χ1) is 12.9. The van der Waals surface area contributed by atoms with Gasteiger partial charge >= 0.3 is 0 Å². The molecule has 0 fully saturated rings. The van der Waals surface area contributed by atoms with Crippen LogP contribution in [0.1, 0.15) is 22.4 Å². The van der Waals surface area contributed by atoms with Crippen molar-refractivity contribution in [3.05, 3.63) is 91.6 Å². The van der Waals surface area contributed by atoms with E-state index in [0.29, 0.717) is 16.6 Å². The van der Waals surface area contributed by atoms with E-state index in [9.17, 15) is 9.59 Å². The minimum atomic E-state index is -0.165. The number of pyridine rings is 1. The zero-order valence-electron chi connectivity index (χ0n) is 15.8. The van der Waals surface area contributed by atoms with Crippen molar-refractivity contribution in [1.29, 1.82) is 0 Å². The molecule has 0 amide bonds. The van der Waals surface area contributed by atoms with Crippen LogP contribution in [0.15, 0.2) is 58.1 Å². The number of aryl methyl sites for hydroxylation is 4. The molecule has 5 heteroatoms. The van der Waals surface area contributed by atoms with Crippen LogP contribution in [0, 0.1) is 27.7 Å². The highest BCUT2D eigenvalue weighted by Gasteiger charge is 2.16. The molecule has 0 bridgehead atoms. The zero-order chi connectivity index (χ0) is 19.3. The lowest BCUT2D eigenvalue weighted by Crippen LogP contribution is -2.22. The Morgan fingerprint density at radius 2 is 1.56 bits per heavy atom. The number of nitrogens with one attached hydrogen (secondary N) is 1. The fourth-order valence-corrected chi connectivity index (χ4v) is 3.54. The van der Waals surface area contributed by atoms with Crippen molar-refractivity contribution in [1.82, 2.24) is 14.3 Å². The van der Waals surface area contributed by atoms with Crippen molar-refractivity contribution < 1.29 is 0 Å². The number of hydrogen-bond donors (Lipinski definition) is 1. The molecule has 0 saturated carbocycles. The maximum absolute atomic E-state index is 13.1. The second kappa shape index (κ2) is 6.13. The van der Waals surface area contributed by atoms with Gasteiger partial charge in [-0.15, -0.1) is 0 Å². The van der Waals surface area contributed by atoms with Crippen LogP contribution in [-0.2, 0) is 0 Å². The Morgan fingerprint density at radius 1 is 0.815 bits per heavy atom. The summed E-state index contributed by atoms with van der Waals surface area (Å²) in [6.45, 7) is 7.81. The summed E-state index contributed by atoms with van der Waals surface area (Å²) in [5.74, 6) is 0. The van der Waals surface area contributed by atoms with E-state index in [1.165, 1.54) is 10.7 Å². The lowest BCUT2D eigenvalue weighted by Gasteiger charge is -2.12. The van der Waals surface area contributed by atoms with E-state index < -0.39 is 0 Å². The van der Waals surface area contributed by atoms with Crippen LogP contribution in [0.2, 0.25) is 0 Å². The third-order valence-electron chi connectivity index (χ3n) is 5.21. The number of rotatable bonds is 2. The van der Waals surface area contributed by atoms with Gasteiger partial charge in [0.1, 0.15) is 0 Å². The SMILES string of the molecule is Cc1ccc(-n2c(C)c3c(=O)n(-c4ccccc4C)[nH]c3cc2=O)cc1C. The molecule has 136 valence electrons. The molecule has 27 heavy (non-hydrogen) atoms. The summed E-state index contributed by atoms with van der Waals surface area (Å²) in [7, 11) is 0. The molecular formula is C22H21N3O2. The molecular weight excluding hydrogens is 338 g/mol. The maximum atomic E-state index is 13.1. The molecule has 0 aliphatic carbocycles. The largest absolute Gasteiger partial charge is 0.290 e. The minimum Gasteiger partial charge on any atom is -0.290 e. The van der Waals surface area contributed by atoms with Crippen LogP contribution in [0.4, 0.5) is 0 Å². The summed E-state index contributed by atoms with van der Waals surface area (Å²) in [4.78, 5) is 25.9. The Kier molecular flexibility index (Phi) is 3.88. The smallest absolute Gasteiger partial charge is 0.280 e. The van der Waals surface area contributed by atoms with E-state index >= 15 is 0 Å². The van der Waals surface area contributed by atoms with Gasteiger partial charge in [0.2, 0.25) is 0 Å². The quantitative estimate of drug-likeness (QED) is 0.593. The van der Waals surface area contributed by atoms with E-state index in [4.69, 9.17) is 0 Å². The van der Waals surface area contributed by atoms with Crippen LogP contribution < -0.4 is 11.1 Å². The first kappa shape index (κ1) is 17.1. The van der Waals surface area contributed by atoms with Crippen LogP contribution in [0.3, 0.4) is 0 Å². The third kappa shape index (κ3) is 2.63. The van der Waals surface area contributed by atoms with E-state index in [2.05, 4.69) is 5.10 Å². The first-order valence-corrected chi connectivity index (χ1v) is 8.89. The molecule has 4 rings (SSSR count). The zero-order valence-corrected chi connectivity index (χ0v) is 15.8. The second-order valence-electron chi connectivity index (χ2n) is 7.00. The second-order valence-corrected chi connectivity index (χ2v) is 7.00. The highest BCUT2D eigenvalue weighted by molar-refractivity contribution is 5.81. The molecule has 0 spiro atoms. The standard InChI is InChI=1S/C22H21N3O2/c1-13-9-10-17(11-15(13)3)24-16(4)21-18(12-20(24)26)23-25(22(21)27)19-8-6-5-7-14(19)2/h5-12,23H,1-4H3. The Morgan fingerprint density at radius 3 is 2.26 bits per heavy atom. The molecule has 0 radical (unpaired) electrons. The molecule has 2 heterocycles. The van der Waals surface area contributed by atoms with Crippen molar-refractivity contribution in [2.75, 3.05) is 0 Å². The predicted molar refractivity (Wildman–Crippen MR) is 108 cm³/mol. The highest BCUT2D eigenvalue weighted by atomic mass is 16.1. The molecule has 1 N–H and O–H groups in total. The molecule has 2 aromatic carbocycles. The maximum Gasteiger partial charge on any atom is 0.280 e. The molecule has 0 unspecified atom stereocenters. The van der Waals surface area contributed by atoms with Crippen molar-refractivity contribution in [3.63, 3.8) is 0 Å². The third-order valence-corrected chi connectivity index (χ3v) is 5.21. The summed E-state index contributed by atoms with van der Waals surface area (Å²) in [6.07, 6.45) is 0. The molecule has 4 aromatic rings. The average Bonchev–Trinajstić information content (AvgIpc) is 2.95. The molecule has 0 atom stereocenters. The number of hydrogen-bond acceptors (Lipinski definition) is 2. The first-order valence-electron chi connectivity index (χ1n) is 8.89. The fourth-order valence-electron chi connectivity index (χ4n) is 3.54. The van der Waals surface area contributed by atoms with Crippen molar-refractivity contribution in [2.24, 2.45) is 0 Å². The number of benzene rings is 2. The lowest BCUT2D eigenvalue weighted by atomic mass is 10.1. The number of H-pyrrole nitrogens is 1. The summed E-state index contributed by atoms with van der Waals surface area (Å²) in [6, 6.07) is 15.0. The van der Waals surface area contributed by atoms with Gasteiger partial charge in [0.05, 0.1) is 16.6 Å². The Hall–Kier alpha value is -3.34. The Bertz CT molecular complexity index is 1310. The fraction of sp³-hybridized carbons (Fsp3) is 0.182. The topological polar surface area (TPSA) is 59.8 Å². The number of nitrogens with zero attached hydrogens (tertiary/aromatic N) is 2. The lowest BCUT2D eigenvalue weighted by molar-refractivity contribution is 0.856. The summed E-state index contributed by atoms with van der Waals surface area (Å²) in [5, 5.41) is 3.62. The summed E-state index contributed by atoms with van der Waals surface area (Å²) >= 11 is 0. The van der Waals surface area contributed by atoms with E-state index in [1.54, 1.807) is 4.57 Å². The normalized spacial score (nSPS) is 11.3. The van der Waals surface area contributed by atoms with Gasteiger partial charge in [-0.25, -0.2) is 4.68 Å². The number of para-hydroxylation sites is 1. The van der Waals surface area contributed by atoms with Gasteiger partial charge in [-0.1, -0.05) is 24.3 Å². The van der Waals surface area contributed by atoms with Gasteiger partial charge in [-0.3, -0.25) is 19.3 Å². The van der Waals surface area contributed by atoms with Crippen LogP contribution in [-0.4, -0.2) is 14.3 Å². The molecule has 0 aliphatic rings. The average molecular weight is 359 g/mol. The van der Waals surface area contributed by atoms with E-state index in [0.717, 1.165) is 28.1 Å². The van der Waals surface area contributed by atoms with Crippen molar-refractivity contribution >= 4 is 10.9 Å². The van der Waals surface area contributed by atoms with Crippen LogP contribution in [0.5, 0.6) is 0 Å². The Balaban J connectivity index is 2.04. The van der Waals surface area contributed by atoms with Gasteiger partial charge in [0, 0.05) is 17.4 Å². The van der Waals surface area contributed by atoms with E-state index in [1.807, 2.05) is 70.2 Å². The molecule has 0 aliphatic heterocycles. The van der Waals surface area contributed by atoms with Gasteiger partial charge < -0.3 is 0 Å². The molecule has 2 aromatic heterocycles. The van der Waals surface area contributed by atoms with Gasteiger partial charge in [-0.05, 0) is 62.6 Å². The molecule has 5 nitrogen and oxygen atoms in total. The van der Waals surface area contributed by atoms with Crippen molar-refractivity contribution in [3.8, 4) is 11.4 Å². The number of aromatic amines is 1. The van der Waals surface area contributed by atoms with Gasteiger partial charge in [0.15, 0.2) is 0 Å². The number of aromatic nitrogens is 3. The van der Waals surface area contributed by atoms with Crippen LogP contribution >= 0.6 is 0 Å². The van der Waals surface area contributed by atoms with Gasteiger partial charge in [-0.2, -0.15) is 0 Å².